The standard InChI is InChI=1S/C21H32N4O3.2ClH/c22-7-1-4-21(26)25-8-2-3-18(15-25)24-11-9-23(10-12-24)14-17-5-6-19-20(13-17)28-16-27-19;;/h5-6,13,18H,1-4,7-12,14-16,22H2;2*1H. The van der Waals surface area contributed by atoms with E-state index in [1.165, 1.54) is 12.0 Å². The van der Waals surface area contributed by atoms with E-state index in [2.05, 4.69) is 26.8 Å². The Hall–Kier alpha value is -1.25. The summed E-state index contributed by atoms with van der Waals surface area (Å²) in [7, 11) is 0. The minimum absolute atomic E-state index is 0. The summed E-state index contributed by atoms with van der Waals surface area (Å²) < 4.78 is 10.9. The Morgan fingerprint density at radius 2 is 1.83 bits per heavy atom. The van der Waals surface area contributed by atoms with Crippen molar-refractivity contribution in [2.24, 2.45) is 5.73 Å². The minimum Gasteiger partial charge on any atom is -0.454 e. The monoisotopic (exact) mass is 460 g/mol. The Balaban J connectivity index is 0.00000160. The second kappa shape index (κ2) is 12.0. The number of ether oxygens (including phenoxy) is 2. The first kappa shape index (κ1) is 25.0. The van der Waals surface area contributed by atoms with Crippen molar-refractivity contribution in [3.05, 3.63) is 23.8 Å². The van der Waals surface area contributed by atoms with Crippen LogP contribution in [0, 0.1) is 0 Å². The molecule has 1 aromatic rings. The molecule has 2 saturated heterocycles. The summed E-state index contributed by atoms with van der Waals surface area (Å²) in [6.07, 6.45) is 3.68. The zero-order chi connectivity index (χ0) is 19.3. The molecule has 9 heteroatoms. The van der Waals surface area contributed by atoms with Gasteiger partial charge in [-0.05, 0) is 43.5 Å². The van der Waals surface area contributed by atoms with Crippen molar-refractivity contribution in [2.45, 2.75) is 38.3 Å². The van der Waals surface area contributed by atoms with E-state index >= 15 is 0 Å². The van der Waals surface area contributed by atoms with Crippen LogP contribution in [-0.2, 0) is 11.3 Å². The van der Waals surface area contributed by atoms with Crippen LogP contribution < -0.4 is 15.2 Å². The van der Waals surface area contributed by atoms with E-state index in [1.54, 1.807) is 0 Å². The third-order valence-electron chi connectivity index (χ3n) is 6.11. The van der Waals surface area contributed by atoms with Gasteiger partial charge in [-0.1, -0.05) is 6.07 Å². The summed E-state index contributed by atoms with van der Waals surface area (Å²) in [6, 6.07) is 6.74. The van der Waals surface area contributed by atoms with Crippen molar-refractivity contribution >= 4 is 30.7 Å². The van der Waals surface area contributed by atoms with E-state index < -0.39 is 0 Å². The first-order valence-corrected chi connectivity index (χ1v) is 10.6. The summed E-state index contributed by atoms with van der Waals surface area (Å²) in [5.74, 6) is 1.98. The second-order valence-corrected chi connectivity index (χ2v) is 8.03. The Morgan fingerprint density at radius 3 is 2.60 bits per heavy atom. The molecule has 3 aliphatic rings. The number of rotatable bonds is 6. The number of nitrogens with two attached hydrogens (primary N) is 1. The maximum absolute atomic E-state index is 12.3. The van der Waals surface area contributed by atoms with Crippen LogP contribution in [0.15, 0.2) is 18.2 Å². The van der Waals surface area contributed by atoms with Crippen LogP contribution in [0.2, 0.25) is 0 Å². The van der Waals surface area contributed by atoms with Gasteiger partial charge in [-0.15, -0.1) is 24.8 Å². The number of benzene rings is 1. The number of amides is 1. The number of nitrogens with zero attached hydrogens (tertiary/aromatic N) is 3. The molecule has 0 radical (unpaired) electrons. The number of carbonyl (C=O) groups is 1. The van der Waals surface area contributed by atoms with Gasteiger partial charge < -0.3 is 20.1 Å². The third kappa shape index (κ3) is 6.14. The summed E-state index contributed by atoms with van der Waals surface area (Å²) >= 11 is 0. The number of piperidine rings is 1. The zero-order valence-electron chi connectivity index (χ0n) is 17.5. The molecule has 3 heterocycles. The molecule has 4 rings (SSSR count). The SMILES string of the molecule is Cl.Cl.NCCCC(=O)N1CCCC(N2CCN(Cc3ccc4c(c3)OCO4)CC2)C1. The van der Waals surface area contributed by atoms with Crippen LogP contribution in [0.3, 0.4) is 0 Å². The summed E-state index contributed by atoms with van der Waals surface area (Å²) in [4.78, 5) is 19.5. The predicted molar refractivity (Wildman–Crippen MR) is 122 cm³/mol. The molecule has 2 fully saturated rings. The van der Waals surface area contributed by atoms with E-state index in [1.807, 2.05) is 6.07 Å². The fourth-order valence-corrected chi connectivity index (χ4v) is 4.47. The molecular formula is C21H34Cl2N4O3. The van der Waals surface area contributed by atoms with Gasteiger partial charge in [0.05, 0.1) is 0 Å². The van der Waals surface area contributed by atoms with Crippen molar-refractivity contribution in [1.29, 1.82) is 0 Å². The van der Waals surface area contributed by atoms with Gasteiger partial charge in [0.1, 0.15) is 0 Å². The molecule has 30 heavy (non-hydrogen) atoms. The highest BCUT2D eigenvalue weighted by Gasteiger charge is 2.29. The Morgan fingerprint density at radius 1 is 1.07 bits per heavy atom. The Kier molecular flexibility index (Phi) is 9.97. The molecule has 1 aromatic carbocycles. The maximum Gasteiger partial charge on any atom is 0.231 e. The van der Waals surface area contributed by atoms with Crippen LogP contribution in [0.1, 0.15) is 31.2 Å². The van der Waals surface area contributed by atoms with E-state index in [9.17, 15) is 4.79 Å². The molecule has 0 aliphatic carbocycles. The minimum atomic E-state index is 0. The molecule has 0 spiro atoms. The van der Waals surface area contributed by atoms with E-state index in [0.717, 1.165) is 70.2 Å². The number of fused-ring (bicyclic) bond motifs is 1. The number of likely N-dealkylation sites (tertiary alicyclic amines) is 1. The van der Waals surface area contributed by atoms with Crippen molar-refractivity contribution in [3.63, 3.8) is 0 Å². The lowest BCUT2D eigenvalue weighted by Gasteiger charge is -2.43. The molecule has 1 unspecified atom stereocenters. The van der Waals surface area contributed by atoms with Crippen LogP contribution in [0.4, 0.5) is 0 Å². The average Bonchev–Trinajstić information content (AvgIpc) is 3.20. The smallest absolute Gasteiger partial charge is 0.231 e. The number of piperazine rings is 1. The van der Waals surface area contributed by atoms with Crippen LogP contribution in [0.25, 0.3) is 0 Å². The van der Waals surface area contributed by atoms with Crippen molar-refractivity contribution < 1.29 is 14.3 Å². The number of hydrogen-bond donors (Lipinski definition) is 1. The summed E-state index contributed by atoms with van der Waals surface area (Å²) in [6.45, 7) is 7.91. The lowest BCUT2D eigenvalue weighted by molar-refractivity contribution is -0.133. The van der Waals surface area contributed by atoms with Gasteiger partial charge >= 0.3 is 0 Å². The average molecular weight is 461 g/mol. The molecule has 2 N–H and O–H groups in total. The fourth-order valence-electron chi connectivity index (χ4n) is 4.47. The molecule has 0 saturated carbocycles. The zero-order valence-corrected chi connectivity index (χ0v) is 19.1. The van der Waals surface area contributed by atoms with E-state index in [4.69, 9.17) is 15.2 Å². The first-order valence-electron chi connectivity index (χ1n) is 10.6. The maximum atomic E-state index is 12.3. The van der Waals surface area contributed by atoms with Crippen molar-refractivity contribution in [2.75, 3.05) is 52.6 Å². The molecule has 0 bridgehead atoms. The number of carbonyl (C=O) groups excluding carboxylic acids is 1. The normalized spacial score (nSPS) is 21.6. The Bertz CT molecular complexity index is 686. The molecular weight excluding hydrogens is 427 g/mol. The van der Waals surface area contributed by atoms with Gasteiger partial charge in [-0.3, -0.25) is 14.6 Å². The second-order valence-electron chi connectivity index (χ2n) is 8.03. The fraction of sp³-hybridized carbons (Fsp3) is 0.667. The lowest BCUT2D eigenvalue weighted by atomic mass is 10.0. The highest BCUT2D eigenvalue weighted by atomic mass is 35.5. The van der Waals surface area contributed by atoms with Crippen LogP contribution >= 0.6 is 24.8 Å². The molecule has 170 valence electrons. The van der Waals surface area contributed by atoms with Crippen LogP contribution in [-0.4, -0.2) is 79.3 Å². The molecule has 1 atom stereocenters. The number of halogens is 2. The van der Waals surface area contributed by atoms with Gasteiger partial charge in [-0.2, -0.15) is 0 Å². The topological polar surface area (TPSA) is 71.3 Å². The number of hydrogen-bond acceptors (Lipinski definition) is 6. The largest absolute Gasteiger partial charge is 0.454 e. The van der Waals surface area contributed by atoms with Gasteiger partial charge in [0.15, 0.2) is 11.5 Å². The van der Waals surface area contributed by atoms with Crippen LogP contribution in [0.5, 0.6) is 11.5 Å². The summed E-state index contributed by atoms with van der Waals surface area (Å²) in [5.41, 5.74) is 6.82. The predicted octanol–water partition coefficient (Wildman–Crippen LogP) is 2.11. The first-order chi connectivity index (χ1) is 13.7. The molecule has 7 nitrogen and oxygen atoms in total. The molecule has 1 amide bonds. The summed E-state index contributed by atoms with van der Waals surface area (Å²) in [5, 5.41) is 0. The molecule has 0 aromatic heterocycles. The van der Waals surface area contributed by atoms with E-state index in [-0.39, 0.29) is 30.7 Å². The van der Waals surface area contributed by atoms with Gasteiger partial charge in [0, 0.05) is 58.3 Å². The highest BCUT2D eigenvalue weighted by Crippen LogP contribution is 2.33. The van der Waals surface area contributed by atoms with Crippen molar-refractivity contribution in [1.82, 2.24) is 14.7 Å². The quantitative estimate of drug-likeness (QED) is 0.700. The third-order valence-corrected chi connectivity index (χ3v) is 6.11. The van der Waals surface area contributed by atoms with Gasteiger partial charge in [0.25, 0.3) is 0 Å². The Labute approximate surface area is 191 Å². The highest BCUT2D eigenvalue weighted by molar-refractivity contribution is 5.85. The van der Waals surface area contributed by atoms with E-state index in [0.29, 0.717) is 25.8 Å². The van der Waals surface area contributed by atoms with Crippen molar-refractivity contribution in [3.8, 4) is 11.5 Å². The van der Waals surface area contributed by atoms with Gasteiger partial charge in [0.2, 0.25) is 12.7 Å². The molecule has 3 aliphatic heterocycles. The lowest BCUT2D eigenvalue weighted by Crippen LogP contribution is -2.55. The van der Waals surface area contributed by atoms with Gasteiger partial charge in [-0.25, -0.2) is 0 Å².